The molecule has 2 heterocycles. The topological polar surface area (TPSA) is 54.6 Å². The first kappa shape index (κ1) is 14.4. The first-order valence-electron chi connectivity index (χ1n) is 6.01. The number of nitrogens with zero attached hydrogens (tertiary/aromatic N) is 2. The van der Waals surface area contributed by atoms with Crippen LogP contribution in [0.5, 0.6) is 0 Å². The molecule has 0 atom stereocenters. The Morgan fingerprint density at radius 3 is 2.60 bits per heavy atom. The van der Waals surface area contributed by atoms with Gasteiger partial charge in [-0.25, -0.2) is 9.78 Å². The zero-order valence-corrected chi connectivity index (χ0v) is 10.9. The molecule has 2 aromatic rings. The van der Waals surface area contributed by atoms with E-state index in [0.717, 1.165) is 18.3 Å². The van der Waals surface area contributed by atoms with Gasteiger partial charge in [-0.15, -0.1) is 0 Å². The molecule has 0 aliphatic carbocycles. The van der Waals surface area contributed by atoms with E-state index >= 15 is 0 Å². The van der Waals surface area contributed by atoms with Crippen molar-refractivity contribution in [2.75, 3.05) is 0 Å². The Labute approximate surface area is 112 Å². The number of alkyl halides is 3. The SMILES string of the molecule is CC(C)Cc1nc2cc(C(F)(F)F)ccn2c1C(=O)O. The van der Waals surface area contributed by atoms with Crippen LogP contribution in [-0.4, -0.2) is 20.5 Å². The van der Waals surface area contributed by atoms with Crippen LogP contribution < -0.4 is 0 Å². The first-order chi connectivity index (χ1) is 9.20. The Morgan fingerprint density at radius 2 is 2.10 bits per heavy atom. The van der Waals surface area contributed by atoms with Crippen LogP contribution in [0.15, 0.2) is 18.3 Å². The summed E-state index contributed by atoms with van der Waals surface area (Å²) in [5.74, 6) is -1.05. The number of fused-ring (bicyclic) bond motifs is 1. The normalized spacial score (nSPS) is 12.3. The van der Waals surface area contributed by atoms with Gasteiger partial charge in [0.1, 0.15) is 5.65 Å². The van der Waals surface area contributed by atoms with E-state index in [1.54, 1.807) is 0 Å². The second-order valence-corrected chi connectivity index (χ2v) is 4.95. The van der Waals surface area contributed by atoms with Gasteiger partial charge in [0.15, 0.2) is 5.69 Å². The summed E-state index contributed by atoms with van der Waals surface area (Å²) in [7, 11) is 0. The highest BCUT2D eigenvalue weighted by Crippen LogP contribution is 2.30. The van der Waals surface area contributed by atoms with Crippen LogP contribution in [0.1, 0.15) is 35.6 Å². The second kappa shape index (κ2) is 4.81. The van der Waals surface area contributed by atoms with Crippen LogP contribution in [-0.2, 0) is 12.6 Å². The van der Waals surface area contributed by atoms with E-state index in [4.69, 9.17) is 0 Å². The first-order valence-corrected chi connectivity index (χ1v) is 6.01. The van der Waals surface area contributed by atoms with Crippen LogP contribution >= 0.6 is 0 Å². The molecule has 0 amide bonds. The van der Waals surface area contributed by atoms with E-state index in [0.29, 0.717) is 12.1 Å². The molecule has 0 aromatic carbocycles. The maximum absolute atomic E-state index is 12.6. The Kier molecular flexibility index (Phi) is 3.45. The van der Waals surface area contributed by atoms with Crippen molar-refractivity contribution in [1.29, 1.82) is 0 Å². The van der Waals surface area contributed by atoms with Gasteiger partial charge in [0.25, 0.3) is 0 Å². The van der Waals surface area contributed by atoms with Gasteiger partial charge in [-0.2, -0.15) is 13.2 Å². The van der Waals surface area contributed by atoms with Crippen LogP contribution in [0.2, 0.25) is 0 Å². The molecule has 0 bridgehead atoms. The maximum atomic E-state index is 12.6. The molecule has 0 aliphatic heterocycles. The largest absolute Gasteiger partial charge is 0.477 e. The molecule has 0 fully saturated rings. The number of hydrogen-bond donors (Lipinski definition) is 1. The fourth-order valence-corrected chi connectivity index (χ4v) is 2.03. The summed E-state index contributed by atoms with van der Waals surface area (Å²) < 4.78 is 39.1. The average Bonchev–Trinajstić information content (AvgIpc) is 2.63. The van der Waals surface area contributed by atoms with Crippen molar-refractivity contribution in [1.82, 2.24) is 9.38 Å². The fraction of sp³-hybridized carbons (Fsp3) is 0.385. The number of imidazole rings is 1. The molecule has 4 nitrogen and oxygen atoms in total. The molecule has 0 spiro atoms. The van der Waals surface area contributed by atoms with Gasteiger partial charge in [-0.3, -0.25) is 4.40 Å². The van der Waals surface area contributed by atoms with E-state index in [-0.39, 0.29) is 17.3 Å². The summed E-state index contributed by atoms with van der Waals surface area (Å²) in [6.07, 6.45) is -2.99. The summed E-state index contributed by atoms with van der Waals surface area (Å²) in [5, 5.41) is 9.21. The number of halogens is 3. The van der Waals surface area contributed by atoms with Crippen molar-refractivity contribution in [3.8, 4) is 0 Å². The fourth-order valence-electron chi connectivity index (χ4n) is 2.03. The summed E-state index contributed by atoms with van der Waals surface area (Å²) in [6, 6.07) is 1.70. The van der Waals surface area contributed by atoms with Gasteiger partial charge in [-0.1, -0.05) is 13.8 Å². The molecule has 0 unspecified atom stereocenters. The van der Waals surface area contributed by atoms with Crippen LogP contribution in [0, 0.1) is 5.92 Å². The van der Waals surface area contributed by atoms with Crippen LogP contribution in [0.25, 0.3) is 5.65 Å². The summed E-state index contributed by atoms with van der Waals surface area (Å²) >= 11 is 0. The minimum Gasteiger partial charge on any atom is -0.477 e. The van der Waals surface area contributed by atoms with Crippen molar-refractivity contribution in [2.45, 2.75) is 26.4 Å². The second-order valence-electron chi connectivity index (χ2n) is 4.95. The Hall–Kier alpha value is -2.05. The van der Waals surface area contributed by atoms with Crippen molar-refractivity contribution in [3.63, 3.8) is 0 Å². The lowest BCUT2D eigenvalue weighted by atomic mass is 10.1. The van der Waals surface area contributed by atoms with E-state index in [1.807, 2.05) is 13.8 Å². The molecule has 0 aliphatic rings. The van der Waals surface area contributed by atoms with Gasteiger partial charge < -0.3 is 5.11 Å². The van der Waals surface area contributed by atoms with Crippen LogP contribution in [0.4, 0.5) is 13.2 Å². The molecule has 0 saturated heterocycles. The quantitative estimate of drug-likeness (QED) is 0.942. The zero-order valence-electron chi connectivity index (χ0n) is 10.9. The van der Waals surface area contributed by atoms with Gasteiger partial charge in [0.05, 0.1) is 11.3 Å². The molecule has 108 valence electrons. The predicted molar refractivity (Wildman–Crippen MR) is 65.7 cm³/mol. The lowest BCUT2D eigenvalue weighted by molar-refractivity contribution is -0.137. The smallest absolute Gasteiger partial charge is 0.416 e. The number of hydrogen-bond acceptors (Lipinski definition) is 2. The van der Waals surface area contributed by atoms with Gasteiger partial charge in [-0.05, 0) is 24.5 Å². The standard InChI is InChI=1S/C13H13F3N2O2/c1-7(2)5-9-11(12(19)20)18-4-3-8(13(14,15)16)6-10(18)17-9/h3-4,6-7H,5H2,1-2H3,(H,19,20). The van der Waals surface area contributed by atoms with E-state index in [2.05, 4.69) is 4.98 Å². The van der Waals surface area contributed by atoms with Crippen molar-refractivity contribution < 1.29 is 23.1 Å². The minimum atomic E-state index is -4.48. The lowest BCUT2D eigenvalue weighted by Gasteiger charge is -2.06. The zero-order chi connectivity index (χ0) is 15.1. The number of carboxylic acids is 1. The molecule has 2 rings (SSSR count). The number of carboxylic acid groups (broad SMARTS) is 1. The van der Waals surface area contributed by atoms with Crippen molar-refractivity contribution >= 4 is 11.6 Å². The lowest BCUT2D eigenvalue weighted by Crippen LogP contribution is -2.08. The van der Waals surface area contributed by atoms with Crippen molar-refractivity contribution in [3.05, 3.63) is 35.3 Å². The third kappa shape index (κ3) is 2.61. The molecular formula is C13H13F3N2O2. The maximum Gasteiger partial charge on any atom is 0.416 e. The molecule has 0 saturated carbocycles. The minimum absolute atomic E-state index is 0.00660. The number of pyridine rings is 1. The highest BCUT2D eigenvalue weighted by molar-refractivity contribution is 5.88. The average molecular weight is 286 g/mol. The predicted octanol–water partition coefficient (Wildman–Crippen LogP) is 3.25. The monoisotopic (exact) mass is 286 g/mol. The highest BCUT2D eigenvalue weighted by atomic mass is 19.4. The summed E-state index contributed by atoms with van der Waals surface area (Å²) in [4.78, 5) is 15.3. The van der Waals surface area contributed by atoms with E-state index in [9.17, 15) is 23.1 Å². The summed E-state index contributed by atoms with van der Waals surface area (Å²) in [5.41, 5.74) is -0.634. The number of aromatic carboxylic acids is 1. The molecule has 0 radical (unpaired) electrons. The highest BCUT2D eigenvalue weighted by Gasteiger charge is 2.31. The Morgan fingerprint density at radius 1 is 1.45 bits per heavy atom. The third-order valence-electron chi connectivity index (χ3n) is 2.83. The Balaban J connectivity index is 2.64. The summed E-state index contributed by atoms with van der Waals surface area (Å²) in [6.45, 7) is 3.77. The molecular weight excluding hydrogens is 273 g/mol. The number of carbonyl (C=O) groups is 1. The molecule has 7 heteroatoms. The van der Waals surface area contributed by atoms with Gasteiger partial charge in [0.2, 0.25) is 0 Å². The molecule has 20 heavy (non-hydrogen) atoms. The molecule has 1 N–H and O–H groups in total. The van der Waals surface area contributed by atoms with E-state index < -0.39 is 17.7 Å². The van der Waals surface area contributed by atoms with Gasteiger partial charge in [0, 0.05) is 6.20 Å². The van der Waals surface area contributed by atoms with Crippen LogP contribution in [0.3, 0.4) is 0 Å². The van der Waals surface area contributed by atoms with Gasteiger partial charge >= 0.3 is 12.1 Å². The van der Waals surface area contributed by atoms with E-state index in [1.165, 1.54) is 4.40 Å². The number of aromatic nitrogens is 2. The Bertz CT molecular complexity index is 659. The van der Waals surface area contributed by atoms with Crippen molar-refractivity contribution in [2.24, 2.45) is 5.92 Å². The number of rotatable bonds is 3. The third-order valence-corrected chi connectivity index (χ3v) is 2.83. The molecule has 2 aromatic heterocycles.